The van der Waals surface area contributed by atoms with Gasteiger partial charge in [-0.05, 0) is 83.5 Å². The predicted octanol–water partition coefficient (Wildman–Crippen LogP) is 17.6. The first-order valence-corrected chi connectivity index (χ1v) is 26.8. The van der Waals surface area contributed by atoms with Crippen molar-refractivity contribution in [1.82, 2.24) is 0 Å². The molecule has 6 nitrogen and oxygen atoms in total. The first-order chi connectivity index (χ1) is 31.0. The van der Waals surface area contributed by atoms with Gasteiger partial charge in [-0.3, -0.25) is 14.4 Å². The lowest BCUT2D eigenvalue weighted by Crippen LogP contribution is -2.30. The van der Waals surface area contributed by atoms with Crippen molar-refractivity contribution in [2.24, 2.45) is 0 Å². The SMILES string of the molecule is CCC/C=C\C/C=C\CCCCCCCC(=O)OC(COC(=O)CCCCCCCCCCC)COC(=O)CCCCCCCCCC/C=C\C/C=C\C/C=C\CCCCCCC. The Balaban J connectivity index is 4.26. The summed E-state index contributed by atoms with van der Waals surface area (Å²) in [5.41, 5.74) is 0. The third-order valence-electron chi connectivity index (χ3n) is 11.5. The number of hydrogen-bond donors (Lipinski definition) is 0. The molecular weight excluding hydrogens is 781 g/mol. The van der Waals surface area contributed by atoms with Crippen molar-refractivity contribution >= 4 is 17.9 Å². The van der Waals surface area contributed by atoms with Crippen molar-refractivity contribution in [3.05, 3.63) is 60.8 Å². The number of allylic oxidation sites excluding steroid dienone is 10. The number of esters is 3. The fourth-order valence-electron chi connectivity index (χ4n) is 7.43. The van der Waals surface area contributed by atoms with Crippen LogP contribution in [0.5, 0.6) is 0 Å². The van der Waals surface area contributed by atoms with Crippen molar-refractivity contribution in [2.75, 3.05) is 13.2 Å². The van der Waals surface area contributed by atoms with Crippen LogP contribution >= 0.6 is 0 Å². The average Bonchev–Trinajstić information content (AvgIpc) is 3.28. The minimum atomic E-state index is -0.781. The third-order valence-corrected chi connectivity index (χ3v) is 11.5. The van der Waals surface area contributed by atoms with Gasteiger partial charge in [-0.15, -0.1) is 0 Å². The maximum absolute atomic E-state index is 12.8. The molecule has 1 unspecified atom stereocenters. The van der Waals surface area contributed by atoms with E-state index in [1.165, 1.54) is 116 Å². The summed E-state index contributed by atoms with van der Waals surface area (Å²) in [6.07, 6.45) is 63.6. The van der Waals surface area contributed by atoms with E-state index in [1.54, 1.807) is 0 Å². The molecule has 0 aromatic heterocycles. The summed E-state index contributed by atoms with van der Waals surface area (Å²) in [6.45, 7) is 6.53. The Kier molecular flexibility index (Phi) is 49.4. The van der Waals surface area contributed by atoms with Gasteiger partial charge in [0.15, 0.2) is 6.10 Å². The Morgan fingerprint density at radius 2 is 0.603 bits per heavy atom. The van der Waals surface area contributed by atoms with Crippen LogP contribution in [0.15, 0.2) is 60.8 Å². The van der Waals surface area contributed by atoms with Crippen LogP contribution in [0.4, 0.5) is 0 Å². The van der Waals surface area contributed by atoms with Gasteiger partial charge in [0.25, 0.3) is 0 Å². The monoisotopic (exact) mass is 881 g/mol. The Morgan fingerprint density at radius 1 is 0.317 bits per heavy atom. The van der Waals surface area contributed by atoms with Crippen LogP contribution in [0.2, 0.25) is 0 Å². The van der Waals surface area contributed by atoms with E-state index in [9.17, 15) is 14.4 Å². The van der Waals surface area contributed by atoms with Gasteiger partial charge >= 0.3 is 17.9 Å². The number of carbonyl (C=O) groups excluding carboxylic acids is 3. The molecule has 63 heavy (non-hydrogen) atoms. The molecular formula is C57H100O6. The molecule has 1 atom stereocenters. The molecule has 0 saturated carbocycles. The first kappa shape index (κ1) is 60.1. The zero-order valence-electron chi connectivity index (χ0n) is 41.6. The van der Waals surface area contributed by atoms with Crippen LogP contribution in [0, 0.1) is 0 Å². The van der Waals surface area contributed by atoms with Gasteiger partial charge in [-0.1, -0.05) is 223 Å². The third kappa shape index (κ3) is 50.0. The fourth-order valence-corrected chi connectivity index (χ4v) is 7.43. The Morgan fingerprint density at radius 3 is 0.952 bits per heavy atom. The molecule has 0 aromatic rings. The molecule has 0 aliphatic rings. The van der Waals surface area contributed by atoms with E-state index in [2.05, 4.69) is 81.5 Å². The molecule has 0 spiro atoms. The lowest BCUT2D eigenvalue weighted by Gasteiger charge is -2.18. The van der Waals surface area contributed by atoms with E-state index < -0.39 is 6.10 Å². The van der Waals surface area contributed by atoms with E-state index >= 15 is 0 Å². The van der Waals surface area contributed by atoms with Crippen molar-refractivity contribution in [3.63, 3.8) is 0 Å². The lowest BCUT2D eigenvalue weighted by molar-refractivity contribution is -0.167. The van der Waals surface area contributed by atoms with Crippen molar-refractivity contribution in [1.29, 1.82) is 0 Å². The molecule has 0 bridgehead atoms. The molecule has 0 rings (SSSR count). The van der Waals surface area contributed by atoms with E-state index in [0.29, 0.717) is 19.3 Å². The van der Waals surface area contributed by atoms with Crippen LogP contribution in [-0.4, -0.2) is 37.2 Å². The van der Waals surface area contributed by atoms with Crippen molar-refractivity contribution < 1.29 is 28.6 Å². The quantitative estimate of drug-likeness (QED) is 0.0262. The highest BCUT2D eigenvalue weighted by Crippen LogP contribution is 2.15. The zero-order valence-corrected chi connectivity index (χ0v) is 41.6. The normalized spacial score (nSPS) is 12.5. The summed E-state index contributed by atoms with van der Waals surface area (Å²) in [4.78, 5) is 37.9. The van der Waals surface area contributed by atoms with Gasteiger partial charge in [-0.25, -0.2) is 0 Å². The second-order valence-corrected chi connectivity index (χ2v) is 17.8. The molecule has 0 aromatic carbocycles. The molecule has 0 fully saturated rings. The predicted molar refractivity (Wildman–Crippen MR) is 270 cm³/mol. The summed E-state index contributed by atoms with van der Waals surface area (Å²) >= 11 is 0. The average molecular weight is 881 g/mol. The highest BCUT2D eigenvalue weighted by Gasteiger charge is 2.19. The molecule has 0 amide bonds. The smallest absolute Gasteiger partial charge is 0.306 e. The van der Waals surface area contributed by atoms with Crippen molar-refractivity contribution in [2.45, 2.75) is 271 Å². The second kappa shape index (κ2) is 51.7. The number of carbonyl (C=O) groups is 3. The molecule has 6 heteroatoms. The summed E-state index contributed by atoms with van der Waals surface area (Å²) in [5, 5.41) is 0. The van der Waals surface area contributed by atoms with Gasteiger partial charge in [0.1, 0.15) is 13.2 Å². The summed E-state index contributed by atoms with van der Waals surface area (Å²) in [5.74, 6) is -0.901. The molecule has 0 aliphatic heterocycles. The van der Waals surface area contributed by atoms with Gasteiger partial charge in [0, 0.05) is 19.3 Å². The van der Waals surface area contributed by atoms with Crippen molar-refractivity contribution in [3.8, 4) is 0 Å². The van der Waals surface area contributed by atoms with Crippen LogP contribution < -0.4 is 0 Å². The molecule has 0 N–H and O–H groups in total. The summed E-state index contributed by atoms with van der Waals surface area (Å²) in [6, 6.07) is 0. The summed E-state index contributed by atoms with van der Waals surface area (Å²) < 4.78 is 16.8. The molecule has 0 saturated heterocycles. The van der Waals surface area contributed by atoms with Gasteiger partial charge < -0.3 is 14.2 Å². The number of hydrogen-bond acceptors (Lipinski definition) is 6. The largest absolute Gasteiger partial charge is 0.462 e. The van der Waals surface area contributed by atoms with Crippen LogP contribution in [0.1, 0.15) is 265 Å². The maximum atomic E-state index is 12.8. The molecule has 364 valence electrons. The zero-order chi connectivity index (χ0) is 45.8. The van der Waals surface area contributed by atoms with Gasteiger partial charge in [-0.2, -0.15) is 0 Å². The van der Waals surface area contributed by atoms with Crippen LogP contribution in [0.3, 0.4) is 0 Å². The van der Waals surface area contributed by atoms with E-state index in [0.717, 1.165) is 109 Å². The van der Waals surface area contributed by atoms with E-state index in [4.69, 9.17) is 14.2 Å². The maximum Gasteiger partial charge on any atom is 0.306 e. The van der Waals surface area contributed by atoms with Crippen LogP contribution in [-0.2, 0) is 28.6 Å². The lowest BCUT2D eigenvalue weighted by atomic mass is 10.1. The van der Waals surface area contributed by atoms with Gasteiger partial charge in [0.2, 0.25) is 0 Å². The number of ether oxygens (including phenoxy) is 3. The highest BCUT2D eigenvalue weighted by atomic mass is 16.6. The van der Waals surface area contributed by atoms with E-state index in [1.807, 2.05) is 0 Å². The standard InChI is InChI=1S/C57H100O6/c1-4-7-10-13-16-19-21-23-24-25-26-27-28-29-30-31-32-34-35-38-41-44-47-50-56(59)62-53-54(52-61-55(58)49-46-43-40-37-18-15-12-9-6-3)63-57(60)51-48-45-42-39-36-33-22-20-17-14-11-8-5-2/h11,14,20-23,25-26,28-29,54H,4-10,12-13,15-19,24,27,30-53H2,1-3H3/b14-11-,22-20-,23-21-,26-25-,29-28-. The Labute approximate surface area is 390 Å². The molecule has 0 heterocycles. The highest BCUT2D eigenvalue weighted by molar-refractivity contribution is 5.71. The van der Waals surface area contributed by atoms with E-state index in [-0.39, 0.29) is 31.1 Å². The molecule has 0 radical (unpaired) electrons. The second-order valence-electron chi connectivity index (χ2n) is 17.8. The minimum absolute atomic E-state index is 0.0811. The Hall–Kier alpha value is -2.89. The topological polar surface area (TPSA) is 78.9 Å². The number of rotatable bonds is 48. The number of unbranched alkanes of at least 4 members (excludes halogenated alkanes) is 27. The van der Waals surface area contributed by atoms with Crippen LogP contribution in [0.25, 0.3) is 0 Å². The molecule has 0 aliphatic carbocycles. The minimum Gasteiger partial charge on any atom is -0.462 e. The fraction of sp³-hybridized carbons (Fsp3) is 0.772. The first-order valence-electron chi connectivity index (χ1n) is 26.8. The summed E-state index contributed by atoms with van der Waals surface area (Å²) in [7, 11) is 0. The van der Waals surface area contributed by atoms with Gasteiger partial charge in [0.05, 0.1) is 0 Å². The Bertz CT molecular complexity index is 1150.